The number of ether oxygens (including phenoxy) is 2. The Labute approximate surface area is 170 Å². The standard InChI is InChI=1S/C22H26N4O3/c1-3-29-12-11-23-21(17-5-4-6-20(13-17)28-2)22(27)26-19-9-7-16(8-10-19)18-14-24-25-15-18/h4-10,13-15,21,23H,3,11-12H2,1-2H3,(H,24,25)(H,26,27). The maximum atomic E-state index is 13.0. The van der Waals surface area contributed by atoms with E-state index < -0.39 is 6.04 Å². The normalized spacial score (nSPS) is 11.8. The number of rotatable bonds is 10. The van der Waals surface area contributed by atoms with Crippen molar-refractivity contribution in [1.29, 1.82) is 0 Å². The van der Waals surface area contributed by atoms with Gasteiger partial charge in [0.25, 0.3) is 0 Å². The van der Waals surface area contributed by atoms with Gasteiger partial charge in [-0.25, -0.2) is 0 Å². The number of hydrogen-bond donors (Lipinski definition) is 3. The van der Waals surface area contributed by atoms with Gasteiger partial charge in [0.2, 0.25) is 5.91 Å². The lowest BCUT2D eigenvalue weighted by molar-refractivity contribution is -0.118. The quantitative estimate of drug-likeness (QED) is 0.459. The number of benzene rings is 2. The number of hydrogen-bond acceptors (Lipinski definition) is 5. The third kappa shape index (κ3) is 5.66. The highest BCUT2D eigenvalue weighted by molar-refractivity contribution is 5.95. The zero-order valence-corrected chi connectivity index (χ0v) is 16.6. The zero-order chi connectivity index (χ0) is 20.5. The molecule has 0 aliphatic rings. The van der Waals surface area contributed by atoms with Crippen LogP contribution in [0.3, 0.4) is 0 Å². The van der Waals surface area contributed by atoms with Crippen LogP contribution in [0.1, 0.15) is 18.5 Å². The summed E-state index contributed by atoms with van der Waals surface area (Å²) >= 11 is 0. The van der Waals surface area contributed by atoms with Gasteiger partial charge < -0.3 is 14.8 Å². The lowest BCUT2D eigenvalue weighted by Crippen LogP contribution is -2.35. The lowest BCUT2D eigenvalue weighted by Gasteiger charge is -2.19. The highest BCUT2D eigenvalue weighted by atomic mass is 16.5. The van der Waals surface area contributed by atoms with Crippen molar-refractivity contribution in [3.63, 3.8) is 0 Å². The van der Waals surface area contributed by atoms with E-state index in [1.165, 1.54) is 0 Å². The Morgan fingerprint density at radius 3 is 2.69 bits per heavy atom. The van der Waals surface area contributed by atoms with Gasteiger partial charge in [0.05, 0.1) is 19.9 Å². The molecule has 1 unspecified atom stereocenters. The van der Waals surface area contributed by atoms with E-state index in [1.807, 2.05) is 61.7 Å². The molecule has 0 radical (unpaired) electrons. The van der Waals surface area contributed by atoms with E-state index in [0.29, 0.717) is 25.5 Å². The van der Waals surface area contributed by atoms with Gasteiger partial charge in [-0.15, -0.1) is 0 Å². The number of carbonyl (C=O) groups excluding carboxylic acids is 1. The maximum absolute atomic E-state index is 13.0. The van der Waals surface area contributed by atoms with Crippen molar-refractivity contribution in [3.05, 3.63) is 66.5 Å². The smallest absolute Gasteiger partial charge is 0.246 e. The molecule has 0 aliphatic heterocycles. The maximum Gasteiger partial charge on any atom is 0.246 e. The van der Waals surface area contributed by atoms with Crippen LogP contribution >= 0.6 is 0 Å². The summed E-state index contributed by atoms with van der Waals surface area (Å²) in [6, 6.07) is 14.6. The first-order chi connectivity index (χ1) is 14.2. The van der Waals surface area contributed by atoms with Gasteiger partial charge in [-0.2, -0.15) is 5.10 Å². The summed E-state index contributed by atoms with van der Waals surface area (Å²) in [4.78, 5) is 13.0. The van der Waals surface area contributed by atoms with Crippen molar-refractivity contribution in [2.75, 3.05) is 32.2 Å². The van der Waals surface area contributed by atoms with Gasteiger partial charge >= 0.3 is 0 Å². The summed E-state index contributed by atoms with van der Waals surface area (Å²) in [6.45, 7) is 3.67. The minimum absolute atomic E-state index is 0.147. The fourth-order valence-corrected chi connectivity index (χ4v) is 2.97. The van der Waals surface area contributed by atoms with E-state index in [0.717, 1.165) is 22.4 Å². The summed E-state index contributed by atoms with van der Waals surface area (Å²) < 4.78 is 10.7. The zero-order valence-electron chi connectivity index (χ0n) is 16.6. The van der Waals surface area contributed by atoms with Crippen LogP contribution in [0.25, 0.3) is 11.1 Å². The molecule has 1 aromatic heterocycles. The number of H-pyrrole nitrogens is 1. The number of aromatic nitrogens is 2. The summed E-state index contributed by atoms with van der Waals surface area (Å²) in [7, 11) is 1.61. The molecule has 29 heavy (non-hydrogen) atoms. The topological polar surface area (TPSA) is 88.3 Å². The van der Waals surface area contributed by atoms with Crippen LogP contribution in [0.4, 0.5) is 5.69 Å². The van der Waals surface area contributed by atoms with E-state index in [-0.39, 0.29) is 5.91 Å². The third-order valence-electron chi connectivity index (χ3n) is 4.47. The van der Waals surface area contributed by atoms with Crippen molar-refractivity contribution in [3.8, 4) is 16.9 Å². The van der Waals surface area contributed by atoms with Crippen LogP contribution in [0.5, 0.6) is 5.75 Å². The number of methoxy groups -OCH3 is 1. The summed E-state index contributed by atoms with van der Waals surface area (Å²) in [5.41, 5.74) is 3.57. The average molecular weight is 394 g/mol. The van der Waals surface area contributed by atoms with Crippen molar-refractivity contribution in [2.45, 2.75) is 13.0 Å². The Kier molecular flexibility index (Phi) is 7.38. The fraction of sp³-hybridized carbons (Fsp3) is 0.273. The first-order valence-electron chi connectivity index (χ1n) is 9.56. The number of aromatic amines is 1. The molecular weight excluding hydrogens is 368 g/mol. The summed E-state index contributed by atoms with van der Waals surface area (Å²) in [5.74, 6) is 0.558. The largest absolute Gasteiger partial charge is 0.497 e. The second-order valence-corrected chi connectivity index (χ2v) is 6.41. The summed E-state index contributed by atoms with van der Waals surface area (Å²) in [6.07, 6.45) is 3.59. The SMILES string of the molecule is CCOCCNC(C(=O)Nc1ccc(-c2cn[nH]c2)cc1)c1cccc(OC)c1. The van der Waals surface area contributed by atoms with E-state index in [9.17, 15) is 4.79 Å². The van der Waals surface area contributed by atoms with Crippen LogP contribution in [-0.4, -0.2) is 43.0 Å². The predicted octanol–water partition coefficient (Wildman–Crippen LogP) is 3.39. The Balaban J connectivity index is 1.72. The molecule has 0 saturated carbocycles. The third-order valence-corrected chi connectivity index (χ3v) is 4.47. The molecule has 1 heterocycles. The molecule has 1 amide bonds. The lowest BCUT2D eigenvalue weighted by atomic mass is 10.0. The Morgan fingerprint density at radius 1 is 1.17 bits per heavy atom. The number of nitrogens with one attached hydrogen (secondary N) is 3. The molecule has 3 rings (SSSR count). The van der Waals surface area contributed by atoms with Gasteiger partial charge in [-0.05, 0) is 42.3 Å². The van der Waals surface area contributed by atoms with Gasteiger partial charge in [-0.3, -0.25) is 15.2 Å². The van der Waals surface area contributed by atoms with Gasteiger partial charge in [0, 0.05) is 30.6 Å². The van der Waals surface area contributed by atoms with E-state index in [4.69, 9.17) is 9.47 Å². The predicted molar refractivity (Wildman–Crippen MR) is 113 cm³/mol. The Morgan fingerprint density at radius 2 is 2.00 bits per heavy atom. The molecule has 2 aromatic carbocycles. The molecule has 0 saturated heterocycles. The Hall–Kier alpha value is -3.16. The van der Waals surface area contributed by atoms with Crippen LogP contribution in [0, 0.1) is 0 Å². The highest BCUT2D eigenvalue weighted by Gasteiger charge is 2.21. The van der Waals surface area contributed by atoms with Crippen LogP contribution in [0.15, 0.2) is 60.9 Å². The first kappa shape index (κ1) is 20.6. The number of nitrogens with zero attached hydrogens (tertiary/aromatic N) is 1. The number of carbonyl (C=O) groups is 1. The molecule has 7 heteroatoms. The second-order valence-electron chi connectivity index (χ2n) is 6.41. The van der Waals surface area contributed by atoms with E-state index in [1.54, 1.807) is 13.3 Å². The Bertz CT molecular complexity index is 895. The minimum Gasteiger partial charge on any atom is -0.497 e. The van der Waals surface area contributed by atoms with Crippen LogP contribution in [-0.2, 0) is 9.53 Å². The monoisotopic (exact) mass is 394 g/mol. The van der Waals surface area contributed by atoms with E-state index >= 15 is 0 Å². The minimum atomic E-state index is -0.529. The molecule has 0 spiro atoms. The second kappa shape index (κ2) is 10.4. The van der Waals surface area contributed by atoms with Crippen molar-refractivity contribution in [2.24, 2.45) is 0 Å². The molecule has 1 atom stereocenters. The number of amides is 1. The fourth-order valence-electron chi connectivity index (χ4n) is 2.97. The number of anilines is 1. The van der Waals surface area contributed by atoms with Crippen molar-refractivity contribution in [1.82, 2.24) is 15.5 Å². The van der Waals surface area contributed by atoms with Crippen molar-refractivity contribution < 1.29 is 14.3 Å². The van der Waals surface area contributed by atoms with Gasteiger partial charge in [-0.1, -0.05) is 24.3 Å². The van der Waals surface area contributed by atoms with Gasteiger partial charge in [0.1, 0.15) is 11.8 Å². The molecular formula is C22H26N4O3. The average Bonchev–Trinajstić information content (AvgIpc) is 3.29. The molecule has 7 nitrogen and oxygen atoms in total. The molecule has 3 N–H and O–H groups in total. The molecule has 3 aromatic rings. The van der Waals surface area contributed by atoms with Crippen molar-refractivity contribution >= 4 is 11.6 Å². The molecule has 152 valence electrons. The molecule has 0 fully saturated rings. The van der Waals surface area contributed by atoms with Crippen LogP contribution in [0.2, 0.25) is 0 Å². The highest BCUT2D eigenvalue weighted by Crippen LogP contribution is 2.23. The first-order valence-corrected chi connectivity index (χ1v) is 9.56. The van der Waals surface area contributed by atoms with Crippen LogP contribution < -0.4 is 15.4 Å². The molecule has 0 aliphatic carbocycles. The van der Waals surface area contributed by atoms with Gasteiger partial charge in [0.15, 0.2) is 0 Å². The van der Waals surface area contributed by atoms with E-state index in [2.05, 4.69) is 20.8 Å². The molecule has 0 bridgehead atoms. The summed E-state index contributed by atoms with van der Waals surface area (Å²) in [5, 5.41) is 13.0.